The summed E-state index contributed by atoms with van der Waals surface area (Å²) in [5.74, 6) is 0.277. The van der Waals surface area contributed by atoms with Gasteiger partial charge < -0.3 is 15.2 Å². The number of imidazole rings is 1. The molecule has 2 heterocycles. The number of carbonyl (C=O) groups excluding carboxylic acids is 2. The second-order valence-electron chi connectivity index (χ2n) is 7.83. The van der Waals surface area contributed by atoms with Gasteiger partial charge >= 0.3 is 0 Å². The van der Waals surface area contributed by atoms with Crippen molar-refractivity contribution < 1.29 is 9.59 Å². The molecule has 1 fully saturated rings. The number of rotatable bonds is 5. The van der Waals surface area contributed by atoms with Crippen molar-refractivity contribution >= 4 is 28.5 Å². The van der Waals surface area contributed by atoms with Crippen LogP contribution in [-0.2, 0) is 16.1 Å². The van der Waals surface area contributed by atoms with Crippen molar-refractivity contribution in [2.75, 3.05) is 11.9 Å². The summed E-state index contributed by atoms with van der Waals surface area (Å²) in [6, 6.07) is 25.3. The quantitative estimate of drug-likeness (QED) is 0.517. The van der Waals surface area contributed by atoms with Crippen molar-refractivity contribution in [1.82, 2.24) is 14.9 Å². The Morgan fingerprint density at radius 1 is 1.03 bits per heavy atom. The van der Waals surface area contributed by atoms with Gasteiger partial charge in [-0.1, -0.05) is 54.6 Å². The molecule has 1 aliphatic rings. The van der Waals surface area contributed by atoms with E-state index < -0.39 is 0 Å². The van der Waals surface area contributed by atoms with E-state index in [1.54, 1.807) is 4.90 Å². The van der Waals surface area contributed by atoms with Gasteiger partial charge in [-0.15, -0.1) is 0 Å². The maximum Gasteiger partial charge on any atom is 0.229 e. The van der Waals surface area contributed by atoms with Crippen molar-refractivity contribution in [3.05, 3.63) is 84.4 Å². The minimum atomic E-state index is -0.355. The first-order chi connectivity index (χ1) is 15.2. The summed E-state index contributed by atoms with van der Waals surface area (Å²) in [5, 5.41) is 2.97. The number of para-hydroxylation sites is 2. The van der Waals surface area contributed by atoms with E-state index in [4.69, 9.17) is 0 Å². The van der Waals surface area contributed by atoms with Gasteiger partial charge in [-0.05, 0) is 29.8 Å². The van der Waals surface area contributed by atoms with Gasteiger partial charge in [0.15, 0.2) is 0 Å². The molecule has 1 aromatic heterocycles. The van der Waals surface area contributed by atoms with Crippen molar-refractivity contribution in [1.29, 1.82) is 0 Å². The highest BCUT2D eigenvalue weighted by molar-refractivity contribution is 5.97. The average molecular weight is 410 g/mol. The molecule has 154 valence electrons. The number of benzene rings is 3. The van der Waals surface area contributed by atoms with Crippen LogP contribution in [0.4, 0.5) is 5.69 Å². The number of fused-ring (bicyclic) bond motifs is 1. The van der Waals surface area contributed by atoms with E-state index in [0.717, 1.165) is 28.0 Å². The van der Waals surface area contributed by atoms with Crippen molar-refractivity contribution in [3.63, 3.8) is 0 Å². The van der Waals surface area contributed by atoms with E-state index in [2.05, 4.69) is 15.3 Å². The van der Waals surface area contributed by atoms with Crippen LogP contribution in [0.2, 0.25) is 0 Å². The standard InChI is InChI=1S/C25H22N4O2/c30-23-14-19(16-29(23)15-17-7-2-1-3-8-17)25(31)26-20-10-6-9-18(13-20)24-27-21-11-4-5-12-22(21)28-24/h1-13,19H,14-16H2,(H,26,31)(H,27,28)/t19-/m1/s1. The molecule has 1 atom stereocenters. The van der Waals surface area contributed by atoms with E-state index in [0.29, 0.717) is 18.8 Å². The molecule has 0 unspecified atom stereocenters. The number of nitrogens with one attached hydrogen (secondary N) is 2. The number of nitrogens with zero attached hydrogens (tertiary/aromatic N) is 2. The van der Waals surface area contributed by atoms with Gasteiger partial charge in [0, 0.05) is 30.8 Å². The zero-order valence-electron chi connectivity index (χ0n) is 16.9. The van der Waals surface area contributed by atoms with Crippen LogP contribution in [-0.4, -0.2) is 33.2 Å². The molecule has 0 spiro atoms. The van der Waals surface area contributed by atoms with Crippen LogP contribution in [0.1, 0.15) is 12.0 Å². The predicted molar refractivity (Wildman–Crippen MR) is 120 cm³/mol. The minimum Gasteiger partial charge on any atom is -0.338 e. The lowest BCUT2D eigenvalue weighted by Gasteiger charge is -2.16. The summed E-state index contributed by atoms with van der Waals surface area (Å²) in [7, 11) is 0. The maximum atomic E-state index is 12.8. The van der Waals surface area contributed by atoms with Crippen LogP contribution < -0.4 is 5.32 Å². The van der Waals surface area contributed by atoms with E-state index in [1.165, 1.54) is 0 Å². The maximum absolute atomic E-state index is 12.8. The average Bonchev–Trinajstić information content (AvgIpc) is 3.38. The van der Waals surface area contributed by atoms with Crippen LogP contribution in [0.3, 0.4) is 0 Å². The van der Waals surface area contributed by atoms with Gasteiger partial charge in [0.05, 0.1) is 17.0 Å². The monoisotopic (exact) mass is 410 g/mol. The van der Waals surface area contributed by atoms with Crippen molar-refractivity contribution in [2.24, 2.45) is 5.92 Å². The van der Waals surface area contributed by atoms with E-state index in [-0.39, 0.29) is 24.2 Å². The molecule has 2 N–H and O–H groups in total. The number of carbonyl (C=O) groups is 2. The zero-order valence-corrected chi connectivity index (χ0v) is 16.9. The third kappa shape index (κ3) is 4.05. The predicted octanol–water partition coefficient (Wildman–Crippen LogP) is 4.22. The fourth-order valence-electron chi connectivity index (χ4n) is 3.98. The van der Waals surface area contributed by atoms with Gasteiger partial charge in [-0.25, -0.2) is 4.98 Å². The molecule has 0 saturated carbocycles. The molecule has 4 aromatic rings. The third-order valence-corrected chi connectivity index (χ3v) is 5.59. The summed E-state index contributed by atoms with van der Waals surface area (Å²) < 4.78 is 0. The highest BCUT2D eigenvalue weighted by atomic mass is 16.2. The molecule has 1 aliphatic heterocycles. The number of H-pyrrole nitrogens is 1. The van der Waals surface area contributed by atoms with Gasteiger partial charge in [0.1, 0.15) is 5.82 Å². The zero-order chi connectivity index (χ0) is 21.2. The molecule has 1 saturated heterocycles. The van der Waals surface area contributed by atoms with Crippen LogP contribution >= 0.6 is 0 Å². The molecule has 6 nitrogen and oxygen atoms in total. The Kier molecular flexibility index (Phi) is 4.96. The number of hydrogen-bond donors (Lipinski definition) is 2. The summed E-state index contributed by atoms with van der Waals surface area (Å²) in [6.07, 6.45) is 0.238. The van der Waals surface area contributed by atoms with E-state index >= 15 is 0 Å². The van der Waals surface area contributed by atoms with Gasteiger partial charge in [0.2, 0.25) is 11.8 Å². The van der Waals surface area contributed by atoms with Crippen LogP contribution in [0.25, 0.3) is 22.4 Å². The van der Waals surface area contributed by atoms with Crippen LogP contribution in [0.15, 0.2) is 78.9 Å². The number of amides is 2. The number of anilines is 1. The fourth-order valence-corrected chi connectivity index (χ4v) is 3.98. The summed E-state index contributed by atoms with van der Waals surface area (Å²) in [4.78, 5) is 34.9. The van der Waals surface area contributed by atoms with E-state index in [1.807, 2.05) is 78.9 Å². The molecular formula is C25H22N4O2. The first-order valence-electron chi connectivity index (χ1n) is 10.3. The summed E-state index contributed by atoms with van der Waals surface area (Å²) >= 11 is 0. The topological polar surface area (TPSA) is 78.1 Å². The lowest BCUT2D eigenvalue weighted by Crippen LogP contribution is -2.28. The van der Waals surface area contributed by atoms with Crippen LogP contribution in [0.5, 0.6) is 0 Å². The molecule has 6 heteroatoms. The highest BCUT2D eigenvalue weighted by Gasteiger charge is 2.34. The number of hydrogen-bond acceptors (Lipinski definition) is 3. The highest BCUT2D eigenvalue weighted by Crippen LogP contribution is 2.25. The van der Waals surface area contributed by atoms with Crippen LogP contribution in [0, 0.1) is 5.92 Å². The number of aromatic nitrogens is 2. The normalized spacial score (nSPS) is 16.1. The fraction of sp³-hybridized carbons (Fsp3) is 0.160. The molecule has 3 aromatic carbocycles. The molecular weight excluding hydrogens is 388 g/mol. The largest absolute Gasteiger partial charge is 0.338 e. The van der Waals surface area contributed by atoms with Gasteiger partial charge in [-0.3, -0.25) is 9.59 Å². The third-order valence-electron chi connectivity index (χ3n) is 5.59. The summed E-state index contributed by atoms with van der Waals surface area (Å²) in [5.41, 5.74) is 4.51. The molecule has 5 rings (SSSR count). The molecule has 31 heavy (non-hydrogen) atoms. The lowest BCUT2D eigenvalue weighted by molar-refractivity contribution is -0.128. The Morgan fingerprint density at radius 3 is 2.68 bits per heavy atom. The first-order valence-corrected chi connectivity index (χ1v) is 10.3. The molecule has 2 amide bonds. The van der Waals surface area contributed by atoms with E-state index in [9.17, 15) is 9.59 Å². The van der Waals surface area contributed by atoms with Gasteiger partial charge in [0.25, 0.3) is 0 Å². The Morgan fingerprint density at radius 2 is 1.84 bits per heavy atom. The second kappa shape index (κ2) is 8.07. The summed E-state index contributed by atoms with van der Waals surface area (Å²) in [6.45, 7) is 0.966. The Hall–Kier alpha value is -3.93. The lowest BCUT2D eigenvalue weighted by atomic mass is 10.1. The first kappa shape index (κ1) is 19.1. The number of aromatic amines is 1. The Balaban J connectivity index is 1.27. The SMILES string of the molecule is O=C(Nc1cccc(-c2nc3ccccc3[nH]2)c1)[C@@H]1CC(=O)N(Cc2ccccc2)C1. The van der Waals surface area contributed by atoms with Crippen molar-refractivity contribution in [2.45, 2.75) is 13.0 Å². The second-order valence-corrected chi connectivity index (χ2v) is 7.83. The smallest absolute Gasteiger partial charge is 0.229 e. The molecule has 0 radical (unpaired) electrons. The Bertz CT molecular complexity index is 1220. The van der Waals surface area contributed by atoms with Gasteiger partial charge in [-0.2, -0.15) is 0 Å². The Labute approximate surface area is 179 Å². The van der Waals surface area contributed by atoms with Crippen molar-refractivity contribution in [3.8, 4) is 11.4 Å². The molecule has 0 aliphatic carbocycles. The number of likely N-dealkylation sites (tertiary alicyclic amines) is 1. The minimum absolute atomic E-state index is 0.0139. The molecule has 0 bridgehead atoms.